The monoisotopic (exact) mass is 1370 g/mol. The number of rotatable bonds is 41. The van der Waals surface area contributed by atoms with Crippen LogP contribution in [-0.4, -0.2) is 231 Å². The van der Waals surface area contributed by atoms with Crippen molar-refractivity contribution in [1.29, 1.82) is 0 Å². The van der Waals surface area contributed by atoms with Crippen molar-refractivity contribution in [2.24, 2.45) is 0 Å². The van der Waals surface area contributed by atoms with Crippen molar-refractivity contribution in [3.05, 3.63) is 0 Å². The average Bonchev–Trinajstić information content (AvgIpc) is 3.35. The molecule has 3 N–H and O–H groups in total. The SMILES string of the molecule is CC(O)COCCCC[Si]1(C)O[SiH](C)CC(C)O[SiH](CC[SiH2]O[SiH2]O[SiH2]CC[SiH]2OC(C)C[Si](C)(CC[SiH2]O[SiH2]O[SiH2]CC[SiH]3OC(C)C[SiH](C)O[Si](C)(CCCCOCC(C)O)O3)O[Si](C)(CCCCOCC(C)O)O2)O1. The molecule has 0 aromatic rings. The molecule has 0 amide bonds. The third-order valence-electron chi connectivity index (χ3n) is 13.8. The van der Waals surface area contributed by atoms with Crippen molar-refractivity contribution in [3.8, 4) is 0 Å². The second kappa shape index (κ2) is 42.4. The van der Waals surface area contributed by atoms with Gasteiger partial charge in [-0.1, -0.05) is 0 Å². The maximum atomic E-state index is 9.68. The highest BCUT2D eigenvalue weighted by Gasteiger charge is 2.46. The number of aliphatic hydroxyl groups is 3. The number of ether oxygens (including phenoxy) is 3. The maximum Gasteiger partial charge on any atom is 0.315 e. The number of hydrogen-bond donors (Lipinski definition) is 3. The standard InChI is InChI=1S/C44H114O19Si15/c1-39(45)33-48-19-13-16-29-76(10)58-70(7)36-42(4)51-72(60-76)26-22-64-54-68-55-66-24-28-74-53-44(6)38-75(9,63-78(12,62-74)31-18-15-21-50-35-41(3)47)32-25-67-57-69-56-65-23-27-73-52-43(5)37-71(8)59-77(11,61-73)30-17-14-20-49-34-40(2)46/h39-47,70-74H,13-38,64-69H2,1-12H3. The molecule has 0 aromatic carbocycles. The van der Waals surface area contributed by atoms with Gasteiger partial charge in [-0.05, 0) is 204 Å². The van der Waals surface area contributed by atoms with Crippen LogP contribution in [0.4, 0.5) is 0 Å². The van der Waals surface area contributed by atoms with Gasteiger partial charge in [-0.2, -0.15) is 0 Å². The molecule has 19 nitrogen and oxygen atoms in total. The van der Waals surface area contributed by atoms with Gasteiger partial charge in [0, 0.05) is 38.1 Å². The smallest absolute Gasteiger partial charge is 0.315 e. The Morgan fingerprint density at radius 3 is 1.21 bits per heavy atom. The van der Waals surface area contributed by atoms with Gasteiger partial charge in [0.25, 0.3) is 20.0 Å². The van der Waals surface area contributed by atoms with Crippen LogP contribution >= 0.6 is 0 Å². The van der Waals surface area contributed by atoms with Crippen molar-refractivity contribution in [2.45, 2.75) is 241 Å². The second-order valence-electron chi connectivity index (χ2n) is 23.5. The van der Waals surface area contributed by atoms with Crippen LogP contribution in [0.15, 0.2) is 0 Å². The van der Waals surface area contributed by atoms with Crippen molar-refractivity contribution < 1.29 is 84.0 Å². The topological polar surface area (TPSA) is 208 Å². The molecule has 0 radical (unpaired) electrons. The molecule has 3 rings (SSSR count). The van der Waals surface area contributed by atoms with Gasteiger partial charge in [0.2, 0.25) is 0 Å². The Labute approximate surface area is 499 Å². The van der Waals surface area contributed by atoms with E-state index >= 15 is 0 Å². The molecule has 3 aliphatic rings. The number of aliphatic hydroxyl groups excluding tert-OH is 3. The van der Waals surface area contributed by atoms with Crippen LogP contribution in [0.5, 0.6) is 0 Å². The zero-order chi connectivity index (χ0) is 57.3. The van der Waals surface area contributed by atoms with Crippen molar-refractivity contribution in [1.82, 2.24) is 0 Å². The van der Waals surface area contributed by atoms with E-state index < -0.39 is 157 Å². The Balaban J connectivity index is 1.39. The fraction of sp³-hybridized carbons (Fsp3) is 1.00. The third-order valence-corrected chi connectivity index (χ3v) is 61.3. The van der Waals surface area contributed by atoms with Crippen LogP contribution in [0.25, 0.3) is 0 Å². The summed E-state index contributed by atoms with van der Waals surface area (Å²) in [5.74, 6) is 0. The lowest BCUT2D eigenvalue weighted by Gasteiger charge is -2.44. The molecular weight excluding hydrogens is 1250 g/mol. The average molecular weight is 1370 g/mol. The highest BCUT2D eigenvalue weighted by atomic mass is 28.5. The van der Waals surface area contributed by atoms with Gasteiger partial charge in [-0.15, -0.1) is 0 Å². The molecule has 78 heavy (non-hydrogen) atoms. The lowest BCUT2D eigenvalue weighted by Crippen LogP contribution is -2.57. The van der Waals surface area contributed by atoms with Gasteiger partial charge >= 0.3 is 53.5 Å². The first kappa shape index (κ1) is 74.7. The zero-order valence-corrected chi connectivity index (χ0v) is 69.1. The molecule has 3 saturated heterocycles. The number of hydrogen-bond acceptors (Lipinski definition) is 19. The van der Waals surface area contributed by atoms with E-state index in [4.69, 9.17) is 68.6 Å². The van der Waals surface area contributed by atoms with E-state index in [-0.39, 0.29) is 18.3 Å². The van der Waals surface area contributed by atoms with E-state index in [1.54, 1.807) is 20.8 Å². The molecule has 3 fully saturated rings. The Bertz CT molecular complexity index is 1510. The molecule has 464 valence electrons. The molecule has 0 aliphatic carbocycles. The third kappa shape index (κ3) is 36.6. The number of unbranched alkanes of at least 4 members (excludes halogenated alkanes) is 3. The summed E-state index contributed by atoms with van der Waals surface area (Å²) in [6, 6.07) is 14.0. The minimum absolute atomic E-state index is 0.107. The van der Waals surface area contributed by atoms with Gasteiger partial charge in [0.1, 0.15) is 39.1 Å². The van der Waals surface area contributed by atoms with Gasteiger partial charge in [-0.25, -0.2) is 0 Å². The molecule has 34 heteroatoms. The summed E-state index contributed by atoms with van der Waals surface area (Å²) in [5.41, 5.74) is 0. The minimum Gasteiger partial charge on any atom is -0.446 e. The largest absolute Gasteiger partial charge is 0.446 e. The summed E-state index contributed by atoms with van der Waals surface area (Å²) in [6.45, 7) is 28.6. The van der Waals surface area contributed by atoms with E-state index in [0.29, 0.717) is 39.6 Å². The molecule has 0 saturated carbocycles. The molecule has 15 unspecified atom stereocenters. The highest BCUT2D eigenvalue weighted by molar-refractivity contribution is 6.86. The summed E-state index contributed by atoms with van der Waals surface area (Å²) < 4.78 is 104. The van der Waals surface area contributed by atoms with Crippen molar-refractivity contribution >= 4 is 139 Å². The molecule has 0 aromatic heterocycles. The Morgan fingerprint density at radius 2 is 0.821 bits per heavy atom. The van der Waals surface area contributed by atoms with Crippen LogP contribution < -0.4 is 0 Å². The Kier molecular flexibility index (Phi) is 40.6. The van der Waals surface area contributed by atoms with Gasteiger partial charge in [0.15, 0.2) is 26.4 Å². The van der Waals surface area contributed by atoms with E-state index in [2.05, 4.69) is 60.1 Å². The summed E-state index contributed by atoms with van der Waals surface area (Å²) in [5, 5.41) is 28.7. The predicted molar refractivity (Wildman–Crippen MR) is 350 cm³/mol. The molecule has 15 atom stereocenters. The molecular formula is C44H114O19Si15. The fourth-order valence-electron chi connectivity index (χ4n) is 10.5. The van der Waals surface area contributed by atoms with Crippen LogP contribution in [0.1, 0.15) is 80.1 Å². The summed E-state index contributed by atoms with van der Waals surface area (Å²) in [6.07, 6.45) is 4.94. The normalized spacial score (nSPS) is 33.7. The van der Waals surface area contributed by atoms with Crippen molar-refractivity contribution in [2.75, 3.05) is 39.6 Å². The highest BCUT2D eigenvalue weighted by Crippen LogP contribution is 2.34. The summed E-state index contributed by atoms with van der Waals surface area (Å²) in [4.78, 5) is 0. The van der Waals surface area contributed by atoms with Crippen LogP contribution in [0.2, 0.25) is 124 Å². The van der Waals surface area contributed by atoms with E-state index in [1.807, 2.05) is 0 Å². The first-order valence-electron chi connectivity index (χ1n) is 30.2. The lowest BCUT2D eigenvalue weighted by atomic mass is 10.3. The first-order chi connectivity index (χ1) is 37.1. The lowest BCUT2D eigenvalue weighted by molar-refractivity contribution is 0.0448. The van der Waals surface area contributed by atoms with Crippen LogP contribution in [-0.2, 0) is 68.6 Å². The summed E-state index contributed by atoms with van der Waals surface area (Å²) in [7, 11) is -22.7. The predicted octanol–water partition coefficient (Wildman–Crippen LogP) is 2.11. The van der Waals surface area contributed by atoms with Gasteiger partial charge in [-0.3, -0.25) is 0 Å². The quantitative estimate of drug-likeness (QED) is 0.0592. The molecule has 3 heterocycles. The van der Waals surface area contributed by atoms with Crippen LogP contribution in [0, 0.1) is 0 Å². The second-order valence-corrected chi connectivity index (χ2v) is 61.9. The molecule has 0 bridgehead atoms. The molecule has 3 aliphatic heterocycles. The molecule has 0 spiro atoms. The van der Waals surface area contributed by atoms with Gasteiger partial charge < -0.3 is 84.0 Å². The maximum absolute atomic E-state index is 9.68. The Morgan fingerprint density at radius 1 is 0.474 bits per heavy atom. The Hall–Kier alpha value is 2.49. The first-order valence-corrected chi connectivity index (χ1v) is 59.4. The van der Waals surface area contributed by atoms with E-state index in [1.165, 1.54) is 0 Å². The van der Waals surface area contributed by atoms with E-state index in [9.17, 15) is 15.3 Å². The van der Waals surface area contributed by atoms with Gasteiger partial charge in [0.05, 0.1) is 38.1 Å². The fourth-order valence-corrected chi connectivity index (χ4v) is 63.6. The van der Waals surface area contributed by atoms with Crippen molar-refractivity contribution in [3.63, 3.8) is 0 Å². The minimum atomic E-state index is -2.56. The van der Waals surface area contributed by atoms with Crippen LogP contribution in [0.3, 0.4) is 0 Å². The zero-order valence-electron chi connectivity index (χ0n) is 50.9. The van der Waals surface area contributed by atoms with E-state index in [0.717, 1.165) is 123 Å². The summed E-state index contributed by atoms with van der Waals surface area (Å²) >= 11 is 0.